The van der Waals surface area contributed by atoms with Crippen LogP contribution in [0.5, 0.6) is 0 Å². The van der Waals surface area contributed by atoms with Gasteiger partial charge in [0.2, 0.25) is 0 Å². The highest BCUT2D eigenvalue weighted by Crippen LogP contribution is 2.36. The van der Waals surface area contributed by atoms with E-state index < -0.39 is 29.6 Å². The van der Waals surface area contributed by atoms with Crippen molar-refractivity contribution in [3.8, 4) is 11.8 Å². The number of nitriles is 1. The second-order valence-electron chi connectivity index (χ2n) is 6.02. The first-order valence-corrected chi connectivity index (χ1v) is 8.15. The lowest BCUT2D eigenvalue weighted by Crippen LogP contribution is -2.14. The maximum atomic E-state index is 13.1. The predicted molar refractivity (Wildman–Crippen MR) is 92.7 cm³/mol. The van der Waals surface area contributed by atoms with Crippen LogP contribution in [0.3, 0.4) is 0 Å². The van der Waals surface area contributed by atoms with Gasteiger partial charge in [-0.15, -0.1) is 0 Å². The van der Waals surface area contributed by atoms with Crippen LogP contribution in [0.1, 0.15) is 27.3 Å². The lowest BCUT2D eigenvalue weighted by Gasteiger charge is -2.11. The Kier molecular flexibility index (Phi) is 5.26. The van der Waals surface area contributed by atoms with Gasteiger partial charge in [0.1, 0.15) is 5.69 Å². The van der Waals surface area contributed by atoms with Crippen LogP contribution in [0.2, 0.25) is 0 Å². The number of aromatic nitrogens is 2. The Balaban J connectivity index is 1.89. The Morgan fingerprint density at radius 3 is 2.20 bits per heavy atom. The van der Waals surface area contributed by atoms with Gasteiger partial charge in [-0.3, -0.25) is 4.79 Å². The van der Waals surface area contributed by atoms with E-state index in [4.69, 9.17) is 5.26 Å². The SMILES string of the molecule is N#Cc1cccc(NC(=O)c2ccc(-n3nc(C(F)(F)F)cc3C(F)(F)F)cc2)c1. The lowest BCUT2D eigenvalue weighted by molar-refractivity contribution is -0.143. The molecule has 0 atom stereocenters. The second-order valence-corrected chi connectivity index (χ2v) is 6.02. The first kappa shape index (κ1) is 20.9. The fourth-order valence-electron chi connectivity index (χ4n) is 2.54. The number of nitrogens with one attached hydrogen (secondary N) is 1. The largest absolute Gasteiger partial charge is 0.435 e. The number of anilines is 1. The summed E-state index contributed by atoms with van der Waals surface area (Å²) in [6.45, 7) is 0. The molecule has 1 amide bonds. The van der Waals surface area contributed by atoms with Gasteiger partial charge in [0.15, 0.2) is 5.69 Å². The molecule has 0 saturated carbocycles. The highest BCUT2D eigenvalue weighted by molar-refractivity contribution is 6.04. The summed E-state index contributed by atoms with van der Waals surface area (Å²) in [5.74, 6) is -0.621. The Labute approximate surface area is 165 Å². The van der Waals surface area contributed by atoms with E-state index in [1.165, 1.54) is 18.2 Å². The summed E-state index contributed by atoms with van der Waals surface area (Å²) in [4.78, 5) is 12.3. The van der Waals surface area contributed by atoms with Gasteiger partial charge >= 0.3 is 12.4 Å². The number of hydrogen-bond donors (Lipinski definition) is 1. The molecule has 1 aromatic heterocycles. The summed E-state index contributed by atoms with van der Waals surface area (Å²) in [6.07, 6.45) is -10.1. The molecule has 1 heterocycles. The van der Waals surface area contributed by atoms with E-state index in [2.05, 4.69) is 10.4 Å². The van der Waals surface area contributed by atoms with Crippen molar-refractivity contribution in [3.05, 3.63) is 77.1 Å². The van der Waals surface area contributed by atoms with E-state index in [0.29, 0.717) is 11.3 Å². The minimum atomic E-state index is -5.07. The van der Waals surface area contributed by atoms with Crippen molar-refractivity contribution in [1.82, 2.24) is 9.78 Å². The molecular formula is C19H10F6N4O. The topological polar surface area (TPSA) is 70.7 Å². The Bertz CT molecular complexity index is 1120. The van der Waals surface area contributed by atoms with Gasteiger partial charge in [0.05, 0.1) is 17.3 Å². The molecule has 154 valence electrons. The zero-order chi connectivity index (χ0) is 22.1. The molecule has 1 N–H and O–H groups in total. The minimum Gasteiger partial charge on any atom is -0.322 e. The van der Waals surface area contributed by atoms with Crippen molar-refractivity contribution in [3.63, 3.8) is 0 Å². The molecule has 3 rings (SSSR count). The van der Waals surface area contributed by atoms with Gasteiger partial charge in [-0.2, -0.15) is 36.7 Å². The van der Waals surface area contributed by atoms with E-state index in [1.54, 1.807) is 6.07 Å². The lowest BCUT2D eigenvalue weighted by atomic mass is 10.1. The van der Waals surface area contributed by atoms with Gasteiger partial charge in [-0.05, 0) is 42.5 Å². The third-order valence-corrected chi connectivity index (χ3v) is 3.91. The molecule has 0 bridgehead atoms. The third-order valence-electron chi connectivity index (χ3n) is 3.91. The van der Waals surface area contributed by atoms with E-state index >= 15 is 0 Å². The first-order chi connectivity index (χ1) is 14.0. The summed E-state index contributed by atoms with van der Waals surface area (Å²) in [5.41, 5.74) is -2.92. The third kappa shape index (κ3) is 4.43. The molecule has 0 saturated heterocycles. The van der Waals surface area contributed by atoms with Crippen molar-refractivity contribution in [2.24, 2.45) is 0 Å². The molecule has 2 aromatic carbocycles. The molecule has 0 spiro atoms. The van der Waals surface area contributed by atoms with Crippen molar-refractivity contribution in [2.75, 3.05) is 5.32 Å². The molecule has 11 heteroatoms. The number of halogens is 6. The van der Waals surface area contributed by atoms with Gasteiger partial charge in [0.25, 0.3) is 5.91 Å². The monoisotopic (exact) mass is 424 g/mol. The predicted octanol–water partition coefficient (Wildman–Crippen LogP) is 5.03. The minimum absolute atomic E-state index is 0.0397. The normalized spacial score (nSPS) is 11.8. The van der Waals surface area contributed by atoms with Gasteiger partial charge in [-0.1, -0.05) is 6.07 Å². The number of benzene rings is 2. The van der Waals surface area contributed by atoms with Crippen molar-refractivity contribution >= 4 is 11.6 Å². The molecule has 0 aliphatic rings. The van der Waals surface area contributed by atoms with Crippen LogP contribution in [0.4, 0.5) is 32.0 Å². The van der Waals surface area contributed by atoms with Crippen LogP contribution in [0.15, 0.2) is 54.6 Å². The number of nitrogens with zero attached hydrogens (tertiary/aromatic N) is 3. The van der Waals surface area contributed by atoms with E-state index in [-0.39, 0.29) is 22.0 Å². The molecule has 0 aliphatic heterocycles. The number of carbonyl (C=O) groups is 1. The second kappa shape index (κ2) is 7.55. The number of rotatable bonds is 3. The molecular weight excluding hydrogens is 414 g/mol. The smallest absolute Gasteiger partial charge is 0.322 e. The summed E-state index contributed by atoms with van der Waals surface area (Å²) < 4.78 is 77.9. The number of carbonyl (C=O) groups excluding carboxylic acids is 1. The van der Waals surface area contributed by atoms with Crippen LogP contribution in [0.25, 0.3) is 5.69 Å². The van der Waals surface area contributed by atoms with Gasteiger partial charge in [-0.25, -0.2) is 4.68 Å². The van der Waals surface area contributed by atoms with Gasteiger partial charge in [0, 0.05) is 17.3 Å². The fourth-order valence-corrected chi connectivity index (χ4v) is 2.54. The highest BCUT2D eigenvalue weighted by Gasteiger charge is 2.42. The van der Waals surface area contributed by atoms with Crippen molar-refractivity contribution in [1.29, 1.82) is 5.26 Å². The average Bonchev–Trinajstić information content (AvgIpc) is 3.15. The molecule has 0 aliphatic carbocycles. The Hall–Kier alpha value is -3.81. The van der Waals surface area contributed by atoms with E-state index in [0.717, 1.165) is 24.3 Å². The van der Waals surface area contributed by atoms with Crippen LogP contribution in [0, 0.1) is 11.3 Å². The number of alkyl halides is 6. The van der Waals surface area contributed by atoms with Crippen LogP contribution < -0.4 is 5.32 Å². The standard InChI is InChI=1S/C19H10F6N4O/c20-18(21,22)15-9-16(19(23,24)25)29(28-15)14-6-4-12(5-7-14)17(30)27-13-3-1-2-11(8-13)10-26/h1-9H,(H,27,30). The zero-order valence-electron chi connectivity index (χ0n) is 14.7. The zero-order valence-corrected chi connectivity index (χ0v) is 14.7. The first-order valence-electron chi connectivity index (χ1n) is 8.15. The molecule has 0 unspecified atom stereocenters. The average molecular weight is 424 g/mol. The van der Waals surface area contributed by atoms with E-state index in [9.17, 15) is 31.1 Å². The molecule has 3 aromatic rings. The summed E-state index contributed by atoms with van der Waals surface area (Å²) in [6, 6.07) is 12.2. The molecule has 30 heavy (non-hydrogen) atoms. The molecule has 5 nitrogen and oxygen atoms in total. The van der Waals surface area contributed by atoms with E-state index in [1.807, 2.05) is 6.07 Å². The summed E-state index contributed by atoms with van der Waals surface area (Å²) in [7, 11) is 0. The maximum absolute atomic E-state index is 13.1. The van der Waals surface area contributed by atoms with Crippen molar-refractivity contribution in [2.45, 2.75) is 12.4 Å². The molecule has 0 radical (unpaired) electrons. The number of amides is 1. The Morgan fingerprint density at radius 1 is 0.967 bits per heavy atom. The van der Waals surface area contributed by atoms with Crippen molar-refractivity contribution < 1.29 is 31.1 Å². The number of hydrogen-bond acceptors (Lipinski definition) is 3. The van der Waals surface area contributed by atoms with Crippen LogP contribution in [-0.4, -0.2) is 15.7 Å². The van der Waals surface area contributed by atoms with Gasteiger partial charge < -0.3 is 5.32 Å². The van der Waals surface area contributed by atoms with Crippen LogP contribution in [-0.2, 0) is 12.4 Å². The quantitative estimate of drug-likeness (QED) is 0.600. The summed E-state index contributed by atoms with van der Waals surface area (Å²) >= 11 is 0. The highest BCUT2D eigenvalue weighted by atomic mass is 19.4. The maximum Gasteiger partial charge on any atom is 0.435 e. The molecule has 0 fully saturated rings. The Morgan fingerprint density at radius 2 is 1.63 bits per heavy atom. The van der Waals surface area contributed by atoms with Crippen LogP contribution >= 0.6 is 0 Å². The summed E-state index contributed by atoms with van der Waals surface area (Å²) in [5, 5.41) is 14.4. The fraction of sp³-hybridized carbons (Fsp3) is 0.105.